The highest BCUT2D eigenvalue weighted by molar-refractivity contribution is 7.86. The third kappa shape index (κ3) is 5.21. The first-order chi connectivity index (χ1) is 6.08. The van der Waals surface area contributed by atoms with Crippen LogP contribution in [0.1, 0.15) is 32.1 Å². The molecule has 0 unspecified atom stereocenters. The summed E-state index contributed by atoms with van der Waals surface area (Å²) in [6.45, 7) is -0.0104. The molecule has 0 radical (unpaired) electrons. The SMILES string of the molecule is O=S(=O)(F)CCOC1CCCCC1. The summed E-state index contributed by atoms with van der Waals surface area (Å²) < 4.78 is 37.5. The van der Waals surface area contributed by atoms with Crippen molar-refractivity contribution < 1.29 is 17.0 Å². The lowest BCUT2D eigenvalue weighted by molar-refractivity contribution is 0.0377. The van der Waals surface area contributed by atoms with Gasteiger partial charge in [-0.15, -0.1) is 3.89 Å². The van der Waals surface area contributed by atoms with Crippen LogP contribution in [-0.4, -0.2) is 26.9 Å². The van der Waals surface area contributed by atoms with Crippen LogP contribution in [0, 0.1) is 0 Å². The topological polar surface area (TPSA) is 43.4 Å². The van der Waals surface area contributed by atoms with Gasteiger partial charge in [-0.05, 0) is 12.8 Å². The summed E-state index contributed by atoms with van der Waals surface area (Å²) in [7, 11) is -4.35. The fourth-order valence-corrected chi connectivity index (χ4v) is 1.84. The first-order valence-corrected chi connectivity index (χ1v) is 6.17. The van der Waals surface area contributed by atoms with E-state index >= 15 is 0 Å². The quantitative estimate of drug-likeness (QED) is 0.662. The predicted molar refractivity (Wildman–Crippen MR) is 47.7 cm³/mol. The van der Waals surface area contributed by atoms with E-state index in [-0.39, 0.29) is 12.7 Å². The second-order valence-electron chi connectivity index (χ2n) is 3.37. The van der Waals surface area contributed by atoms with Crippen molar-refractivity contribution in [3.63, 3.8) is 0 Å². The van der Waals surface area contributed by atoms with Crippen LogP contribution in [0.3, 0.4) is 0 Å². The minimum atomic E-state index is -4.35. The molecule has 1 rings (SSSR count). The van der Waals surface area contributed by atoms with Crippen LogP contribution in [0.15, 0.2) is 0 Å². The standard InChI is InChI=1S/C8H15FO3S/c9-13(10,11)7-6-12-8-4-2-1-3-5-8/h8H,1-7H2. The third-order valence-electron chi connectivity index (χ3n) is 2.23. The van der Waals surface area contributed by atoms with Crippen LogP contribution >= 0.6 is 0 Å². The molecule has 0 atom stereocenters. The monoisotopic (exact) mass is 210 g/mol. The molecule has 1 aliphatic carbocycles. The van der Waals surface area contributed by atoms with Gasteiger partial charge >= 0.3 is 10.2 Å². The smallest absolute Gasteiger partial charge is 0.304 e. The van der Waals surface area contributed by atoms with Crippen LogP contribution in [0.25, 0.3) is 0 Å². The summed E-state index contributed by atoms with van der Waals surface area (Å²) in [5, 5.41) is 0. The van der Waals surface area contributed by atoms with E-state index in [1.54, 1.807) is 0 Å². The number of hydrogen-bond donors (Lipinski definition) is 0. The Labute approximate surface area is 78.5 Å². The Hall–Kier alpha value is -0.160. The molecule has 13 heavy (non-hydrogen) atoms. The van der Waals surface area contributed by atoms with Gasteiger partial charge in [-0.25, -0.2) is 0 Å². The number of rotatable bonds is 4. The molecule has 0 saturated heterocycles. The Balaban J connectivity index is 2.11. The molecule has 0 heterocycles. The van der Waals surface area contributed by atoms with Gasteiger partial charge in [0.05, 0.1) is 12.7 Å². The first kappa shape index (κ1) is 10.9. The van der Waals surface area contributed by atoms with Crippen molar-refractivity contribution in [3.8, 4) is 0 Å². The van der Waals surface area contributed by atoms with Gasteiger partial charge in [0.25, 0.3) is 0 Å². The number of hydrogen-bond acceptors (Lipinski definition) is 3. The van der Waals surface area contributed by atoms with Crippen molar-refractivity contribution in [1.29, 1.82) is 0 Å². The van der Waals surface area contributed by atoms with E-state index in [4.69, 9.17) is 4.74 Å². The highest BCUT2D eigenvalue weighted by Crippen LogP contribution is 2.20. The van der Waals surface area contributed by atoms with Gasteiger partial charge in [-0.3, -0.25) is 0 Å². The molecule has 0 aromatic carbocycles. The fourth-order valence-electron chi connectivity index (χ4n) is 1.55. The third-order valence-corrected chi connectivity index (χ3v) is 2.89. The zero-order valence-electron chi connectivity index (χ0n) is 7.54. The second-order valence-corrected chi connectivity index (χ2v) is 4.86. The molecule has 0 aromatic rings. The molecule has 0 aromatic heterocycles. The molecule has 78 valence electrons. The van der Waals surface area contributed by atoms with Crippen molar-refractivity contribution in [2.24, 2.45) is 0 Å². The van der Waals surface area contributed by atoms with Crippen LogP contribution in [0.2, 0.25) is 0 Å². The Morgan fingerprint density at radius 1 is 1.23 bits per heavy atom. The average molecular weight is 210 g/mol. The summed E-state index contributed by atoms with van der Waals surface area (Å²) >= 11 is 0. The van der Waals surface area contributed by atoms with Gasteiger partial charge in [0.15, 0.2) is 0 Å². The number of ether oxygens (including phenoxy) is 1. The van der Waals surface area contributed by atoms with Crippen molar-refractivity contribution in [2.45, 2.75) is 38.2 Å². The molecule has 0 amide bonds. The minimum Gasteiger partial charge on any atom is -0.377 e. The minimum absolute atomic E-state index is 0.0104. The Kier molecular flexibility index (Phi) is 4.12. The Morgan fingerprint density at radius 3 is 2.38 bits per heavy atom. The summed E-state index contributed by atoms with van der Waals surface area (Å²) in [6, 6.07) is 0. The summed E-state index contributed by atoms with van der Waals surface area (Å²) in [5.74, 6) is -0.510. The van der Waals surface area contributed by atoms with E-state index in [1.807, 2.05) is 0 Å². The maximum Gasteiger partial charge on any atom is 0.304 e. The summed E-state index contributed by atoms with van der Waals surface area (Å²) in [4.78, 5) is 0. The van der Waals surface area contributed by atoms with Crippen molar-refractivity contribution >= 4 is 10.2 Å². The summed E-state index contributed by atoms with van der Waals surface area (Å²) in [5.41, 5.74) is 0. The molecular weight excluding hydrogens is 195 g/mol. The molecule has 0 bridgehead atoms. The molecule has 1 aliphatic rings. The van der Waals surface area contributed by atoms with E-state index in [9.17, 15) is 12.3 Å². The predicted octanol–water partition coefficient (Wildman–Crippen LogP) is 1.64. The zero-order valence-corrected chi connectivity index (χ0v) is 8.35. The molecule has 3 nitrogen and oxygen atoms in total. The van der Waals surface area contributed by atoms with E-state index < -0.39 is 16.0 Å². The second kappa shape index (κ2) is 4.91. The van der Waals surface area contributed by atoms with Gasteiger partial charge in [0.1, 0.15) is 5.75 Å². The zero-order chi connectivity index (χ0) is 9.73. The Bertz CT molecular complexity index is 232. The average Bonchev–Trinajstić information content (AvgIpc) is 2.04. The number of halogens is 1. The van der Waals surface area contributed by atoms with Crippen molar-refractivity contribution in [3.05, 3.63) is 0 Å². The lowest BCUT2D eigenvalue weighted by atomic mass is 9.98. The van der Waals surface area contributed by atoms with Gasteiger partial charge in [-0.1, -0.05) is 19.3 Å². The summed E-state index contributed by atoms with van der Waals surface area (Å²) in [6.07, 6.45) is 5.59. The van der Waals surface area contributed by atoms with E-state index in [0.29, 0.717) is 0 Å². The van der Waals surface area contributed by atoms with E-state index in [2.05, 4.69) is 0 Å². The molecule has 0 aliphatic heterocycles. The molecular formula is C8H15FO3S. The first-order valence-electron chi connectivity index (χ1n) is 4.62. The van der Waals surface area contributed by atoms with Gasteiger partial charge < -0.3 is 4.74 Å². The Morgan fingerprint density at radius 2 is 1.85 bits per heavy atom. The molecule has 0 spiro atoms. The fraction of sp³-hybridized carbons (Fsp3) is 1.00. The van der Waals surface area contributed by atoms with E-state index in [1.165, 1.54) is 6.42 Å². The lowest BCUT2D eigenvalue weighted by Crippen LogP contribution is -2.19. The van der Waals surface area contributed by atoms with Gasteiger partial charge in [0.2, 0.25) is 0 Å². The van der Waals surface area contributed by atoms with Crippen LogP contribution in [0.5, 0.6) is 0 Å². The van der Waals surface area contributed by atoms with Gasteiger partial charge in [0, 0.05) is 0 Å². The normalized spacial score (nSPS) is 20.4. The lowest BCUT2D eigenvalue weighted by Gasteiger charge is -2.21. The van der Waals surface area contributed by atoms with Gasteiger partial charge in [-0.2, -0.15) is 8.42 Å². The molecule has 0 N–H and O–H groups in total. The van der Waals surface area contributed by atoms with Crippen LogP contribution in [-0.2, 0) is 15.0 Å². The largest absolute Gasteiger partial charge is 0.377 e. The van der Waals surface area contributed by atoms with E-state index in [0.717, 1.165) is 25.7 Å². The van der Waals surface area contributed by atoms with Crippen molar-refractivity contribution in [2.75, 3.05) is 12.4 Å². The molecule has 5 heteroatoms. The van der Waals surface area contributed by atoms with Crippen LogP contribution in [0.4, 0.5) is 3.89 Å². The maximum absolute atomic E-state index is 12.0. The maximum atomic E-state index is 12.0. The highest BCUT2D eigenvalue weighted by Gasteiger charge is 2.15. The molecule has 1 fully saturated rings. The van der Waals surface area contributed by atoms with Crippen molar-refractivity contribution in [1.82, 2.24) is 0 Å². The molecule has 1 saturated carbocycles. The van der Waals surface area contributed by atoms with Crippen LogP contribution < -0.4 is 0 Å². The highest BCUT2D eigenvalue weighted by atomic mass is 32.3.